The van der Waals surface area contributed by atoms with Gasteiger partial charge in [0.15, 0.2) is 0 Å². The molecule has 2 rings (SSSR count). The Morgan fingerprint density at radius 2 is 1.48 bits per heavy atom. The first kappa shape index (κ1) is 20.6. The average Bonchev–Trinajstić information content (AvgIpc) is 2.54. The molecule has 2 aromatic carbocycles. The predicted octanol–water partition coefficient (Wildman–Crippen LogP) is 5.40. The molecule has 0 heterocycles. The van der Waals surface area contributed by atoms with Crippen LogP contribution in [0.3, 0.4) is 0 Å². The normalized spacial score (nSPS) is 12.0. The van der Waals surface area contributed by atoms with Gasteiger partial charge in [-0.1, -0.05) is 24.3 Å². The lowest BCUT2D eigenvalue weighted by molar-refractivity contribution is -0.143. The first-order valence-electron chi connectivity index (χ1n) is 7.85. The van der Waals surface area contributed by atoms with Crippen molar-refractivity contribution < 1.29 is 31.1 Å². The lowest BCUT2D eigenvalue weighted by atomic mass is 10.1. The number of amides is 2. The van der Waals surface area contributed by atoms with Crippen LogP contribution in [0.15, 0.2) is 42.5 Å². The van der Waals surface area contributed by atoms with E-state index in [4.69, 9.17) is 0 Å². The van der Waals surface area contributed by atoms with Crippen molar-refractivity contribution in [2.24, 2.45) is 0 Å². The van der Waals surface area contributed by atoms with E-state index in [0.29, 0.717) is 18.6 Å². The van der Waals surface area contributed by atoms with E-state index in [-0.39, 0.29) is 12.6 Å². The standard InChI is InChI=1S/C18H16F6N2O/c1-11-4-2-3-5-12(11)6-7-25-16(27)26-15-9-13(17(19,20)21)8-14(10-15)18(22,23)24/h2-5,8-10H,6-7H2,1H3,(H2,25,26,27). The van der Waals surface area contributed by atoms with Gasteiger partial charge in [0.25, 0.3) is 0 Å². The molecule has 146 valence electrons. The van der Waals surface area contributed by atoms with E-state index in [0.717, 1.165) is 11.1 Å². The van der Waals surface area contributed by atoms with Gasteiger partial charge in [-0.3, -0.25) is 0 Å². The van der Waals surface area contributed by atoms with Gasteiger partial charge in [0, 0.05) is 12.2 Å². The van der Waals surface area contributed by atoms with Gasteiger partial charge >= 0.3 is 18.4 Å². The molecule has 3 nitrogen and oxygen atoms in total. The zero-order chi connectivity index (χ0) is 20.2. The Kier molecular flexibility index (Phi) is 6.02. The van der Waals surface area contributed by atoms with Gasteiger partial charge < -0.3 is 10.6 Å². The largest absolute Gasteiger partial charge is 0.416 e. The van der Waals surface area contributed by atoms with E-state index in [2.05, 4.69) is 5.32 Å². The average molecular weight is 390 g/mol. The number of halogens is 6. The number of aryl methyl sites for hydroxylation is 1. The Morgan fingerprint density at radius 1 is 0.926 bits per heavy atom. The number of anilines is 1. The number of rotatable bonds is 4. The molecule has 0 aliphatic heterocycles. The van der Waals surface area contributed by atoms with Crippen LogP contribution in [0.5, 0.6) is 0 Å². The van der Waals surface area contributed by atoms with Crippen molar-refractivity contribution in [1.29, 1.82) is 0 Å². The Hall–Kier alpha value is -2.71. The fourth-order valence-corrected chi connectivity index (χ4v) is 2.40. The van der Waals surface area contributed by atoms with Crippen LogP contribution >= 0.6 is 0 Å². The smallest absolute Gasteiger partial charge is 0.338 e. The molecule has 0 aromatic heterocycles. The summed E-state index contributed by atoms with van der Waals surface area (Å²) in [6.45, 7) is 2.05. The third kappa shape index (κ3) is 5.90. The fourth-order valence-electron chi connectivity index (χ4n) is 2.40. The number of alkyl halides is 6. The van der Waals surface area contributed by atoms with E-state index in [1.165, 1.54) is 0 Å². The number of nitrogens with one attached hydrogen (secondary N) is 2. The zero-order valence-corrected chi connectivity index (χ0v) is 14.1. The highest BCUT2D eigenvalue weighted by Crippen LogP contribution is 2.37. The second-order valence-corrected chi connectivity index (χ2v) is 5.85. The van der Waals surface area contributed by atoms with Crippen molar-refractivity contribution in [3.63, 3.8) is 0 Å². The third-order valence-electron chi connectivity index (χ3n) is 3.79. The highest BCUT2D eigenvalue weighted by molar-refractivity contribution is 5.89. The van der Waals surface area contributed by atoms with Crippen LogP contribution in [0.1, 0.15) is 22.3 Å². The molecule has 2 aromatic rings. The van der Waals surface area contributed by atoms with E-state index in [9.17, 15) is 31.1 Å². The second-order valence-electron chi connectivity index (χ2n) is 5.85. The summed E-state index contributed by atoms with van der Waals surface area (Å²) >= 11 is 0. The van der Waals surface area contributed by atoms with Crippen LogP contribution in [-0.4, -0.2) is 12.6 Å². The summed E-state index contributed by atoms with van der Waals surface area (Å²) in [6.07, 6.45) is -9.48. The predicted molar refractivity (Wildman–Crippen MR) is 88.4 cm³/mol. The molecule has 0 radical (unpaired) electrons. The maximum Gasteiger partial charge on any atom is 0.416 e. The van der Waals surface area contributed by atoms with Gasteiger partial charge in [-0.05, 0) is 42.7 Å². The molecule has 2 N–H and O–H groups in total. The molecule has 0 unspecified atom stereocenters. The van der Waals surface area contributed by atoms with Gasteiger partial charge in [-0.15, -0.1) is 0 Å². The van der Waals surface area contributed by atoms with Crippen LogP contribution in [0.4, 0.5) is 36.8 Å². The monoisotopic (exact) mass is 390 g/mol. The van der Waals surface area contributed by atoms with E-state index >= 15 is 0 Å². The van der Waals surface area contributed by atoms with Gasteiger partial charge in [0.2, 0.25) is 0 Å². The van der Waals surface area contributed by atoms with Crippen LogP contribution in [0, 0.1) is 6.92 Å². The summed E-state index contributed by atoms with van der Waals surface area (Å²) in [5.74, 6) is 0. The highest BCUT2D eigenvalue weighted by atomic mass is 19.4. The summed E-state index contributed by atoms with van der Waals surface area (Å²) in [5, 5.41) is 4.43. The molecular formula is C18H16F6N2O. The van der Waals surface area contributed by atoms with Crippen molar-refractivity contribution in [2.75, 3.05) is 11.9 Å². The van der Waals surface area contributed by atoms with Crippen LogP contribution < -0.4 is 10.6 Å². The van der Waals surface area contributed by atoms with E-state index in [1.807, 2.05) is 36.5 Å². The maximum atomic E-state index is 12.8. The van der Waals surface area contributed by atoms with Crippen molar-refractivity contribution in [3.05, 3.63) is 64.7 Å². The van der Waals surface area contributed by atoms with Gasteiger partial charge in [-0.25, -0.2) is 4.79 Å². The molecule has 0 aliphatic carbocycles. The molecular weight excluding hydrogens is 374 g/mol. The fraction of sp³-hybridized carbons (Fsp3) is 0.278. The number of benzene rings is 2. The topological polar surface area (TPSA) is 41.1 Å². The molecule has 0 bridgehead atoms. The van der Waals surface area contributed by atoms with Crippen LogP contribution in [0.25, 0.3) is 0 Å². The second kappa shape index (κ2) is 7.89. The number of urea groups is 1. The molecule has 9 heteroatoms. The SMILES string of the molecule is Cc1ccccc1CCNC(=O)Nc1cc(C(F)(F)F)cc(C(F)(F)F)c1. The van der Waals surface area contributed by atoms with Gasteiger partial charge in [-0.2, -0.15) is 26.3 Å². The molecule has 0 spiro atoms. The molecule has 0 aliphatic rings. The first-order chi connectivity index (χ1) is 12.5. The summed E-state index contributed by atoms with van der Waals surface area (Å²) in [6, 6.07) is 7.44. The zero-order valence-electron chi connectivity index (χ0n) is 14.1. The quantitative estimate of drug-likeness (QED) is 0.675. The van der Waals surface area contributed by atoms with Gasteiger partial charge in [0.1, 0.15) is 0 Å². The third-order valence-corrected chi connectivity index (χ3v) is 3.79. The minimum absolute atomic E-state index is 0.00125. The number of carbonyl (C=O) groups is 1. The summed E-state index contributed by atoms with van der Waals surface area (Å²) < 4.78 is 76.8. The Labute approximate surface area is 151 Å². The lowest BCUT2D eigenvalue weighted by Gasteiger charge is -2.15. The molecule has 0 saturated heterocycles. The van der Waals surface area contributed by atoms with E-state index in [1.54, 1.807) is 0 Å². The van der Waals surface area contributed by atoms with Crippen molar-refractivity contribution in [2.45, 2.75) is 25.7 Å². The van der Waals surface area contributed by atoms with Crippen molar-refractivity contribution >= 4 is 11.7 Å². The van der Waals surface area contributed by atoms with Crippen molar-refractivity contribution in [1.82, 2.24) is 5.32 Å². The molecule has 2 amide bonds. The minimum Gasteiger partial charge on any atom is -0.338 e. The van der Waals surface area contributed by atoms with Crippen LogP contribution in [-0.2, 0) is 18.8 Å². The highest BCUT2D eigenvalue weighted by Gasteiger charge is 2.37. The number of hydrogen-bond acceptors (Lipinski definition) is 1. The van der Waals surface area contributed by atoms with Crippen LogP contribution in [0.2, 0.25) is 0 Å². The summed E-state index contributed by atoms with van der Waals surface area (Å²) in [7, 11) is 0. The molecule has 0 fully saturated rings. The Morgan fingerprint density at radius 3 is 2.00 bits per heavy atom. The first-order valence-corrected chi connectivity index (χ1v) is 7.85. The lowest BCUT2D eigenvalue weighted by Crippen LogP contribution is -2.30. The van der Waals surface area contributed by atoms with Crippen molar-refractivity contribution in [3.8, 4) is 0 Å². The van der Waals surface area contributed by atoms with E-state index < -0.39 is 35.2 Å². The number of hydrogen-bond donors (Lipinski definition) is 2. The Balaban J connectivity index is 2.07. The molecule has 0 atom stereocenters. The molecule has 0 saturated carbocycles. The molecule has 27 heavy (non-hydrogen) atoms. The Bertz CT molecular complexity index is 782. The minimum atomic E-state index is -4.97. The number of carbonyl (C=O) groups excluding carboxylic acids is 1. The summed E-state index contributed by atoms with van der Waals surface area (Å²) in [4.78, 5) is 11.8. The maximum absolute atomic E-state index is 12.8. The summed E-state index contributed by atoms with van der Waals surface area (Å²) in [5.41, 5.74) is -1.60. The van der Waals surface area contributed by atoms with Gasteiger partial charge in [0.05, 0.1) is 11.1 Å².